The zero-order chi connectivity index (χ0) is 13.0. The van der Waals surface area contributed by atoms with E-state index in [4.69, 9.17) is 5.11 Å². The zero-order valence-electron chi connectivity index (χ0n) is 9.81. The van der Waals surface area contributed by atoms with Crippen LogP contribution in [0.15, 0.2) is 16.0 Å². The Hall–Kier alpha value is -1.50. The molecule has 1 saturated carbocycles. The Morgan fingerprint density at radius 1 is 1.56 bits per heavy atom. The maximum absolute atomic E-state index is 11.6. The summed E-state index contributed by atoms with van der Waals surface area (Å²) in [5.74, 6) is -0.224. The molecule has 1 heterocycles. The van der Waals surface area contributed by atoms with Gasteiger partial charge < -0.3 is 15.4 Å². The van der Waals surface area contributed by atoms with Crippen LogP contribution >= 0.6 is 11.8 Å². The van der Waals surface area contributed by atoms with Crippen molar-refractivity contribution in [1.82, 2.24) is 15.3 Å². The summed E-state index contributed by atoms with van der Waals surface area (Å²) in [4.78, 5) is 28.9. The second-order valence-corrected chi connectivity index (χ2v) is 5.21. The summed E-state index contributed by atoms with van der Waals surface area (Å²) >= 11 is 1.10. The first kappa shape index (κ1) is 12.9. The maximum Gasteiger partial charge on any atom is 0.255 e. The molecule has 0 aliphatic heterocycles. The van der Waals surface area contributed by atoms with Crippen LogP contribution in [-0.2, 0) is 4.79 Å². The van der Waals surface area contributed by atoms with Crippen molar-refractivity contribution in [1.29, 1.82) is 0 Å². The summed E-state index contributed by atoms with van der Waals surface area (Å²) in [6.45, 7) is 0. The molecule has 1 aromatic heterocycles. The fourth-order valence-corrected chi connectivity index (χ4v) is 2.65. The molecule has 0 atom stereocenters. The van der Waals surface area contributed by atoms with Gasteiger partial charge >= 0.3 is 0 Å². The van der Waals surface area contributed by atoms with Crippen molar-refractivity contribution in [3.63, 3.8) is 0 Å². The number of amides is 1. The van der Waals surface area contributed by atoms with E-state index in [2.05, 4.69) is 15.3 Å². The van der Waals surface area contributed by atoms with Crippen LogP contribution in [0, 0.1) is 0 Å². The normalized spacial score (nSPS) is 15.8. The number of aromatic amines is 1. The first-order valence-electron chi connectivity index (χ1n) is 5.86. The Labute approximate surface area is 108 Å². The molecule has 0 unspecified atom stereocenters. The van der Waals surface area contributed by atoms with Crippen molar-refractivity contribution in [2.75, 3.05) is 5.75 Å². The van der Waals surface area contributed by atoms with Crippen molar-refractivity contribution >= 4 is 17.7 Å². The number of rotatable bonds is 4. The predicted molar refractivity (Wildman–Crippen MR) is 67.6 cm³/mol. The lowest BCUT2D eigenvalue weighted by Gasteiger charge is -2.11. The van der Waals surface area contributed by atoms with Crippen LogP contribution < -0.4 is 10.9 Å². The Morgan fingerprint density at radius 3 is 2.94 bits per heavy atom. The van der Waals surface area contributed by atoms with E-state index in [-0.39, 0.29) is 28.7 Å². The molecule has 3 N–H and O–H groups in total. The van der Waals surface area contributed by atoms with Crippen molar-refractivity contribution < 1.29 is 9.90 Å². The van der Waals surface area contributed by atoms with E-state index in [1.165, 1.54) is 12.8 Å². The van der Waals surface area contributed by atoms with E-state index < -0.39 is 5.56 Å². The number of thioether (sulfide) groups is 1. The van der Waals surface area contributed by atoms with Crippen LogP contribution in [0.4, 0.5) is 0 Å². The number of nitrogens with one attached hydrogen (secondary N) is 2. The quantitative estimate of drug-likeness (QED) is 0.550. The smallest absolute Gasteiger partial charge is 0.255 e. The molecule has 0 radical (unpaired) electrons. The summed E-state index contributed by atoms with van der Waals surface area (Å²) in [5.41, 5.74) is -0.429. The molecule has 1 aliphatic rings. The third-order valence-corrected chi connectivity index (χ3v) is 3.64. The van der Waals surface area contributed by atoms with Gasteiger partial charge in [0.05, 0.1) is 11.8 Å². The summed E-state index contributed by atoms with van der Waals surface area (Å²) in [7, 11) is 0. The lowest BCUT2D eigenvalue weighted by atomic mass is 10.2. The minimum atomic E-state index is -0.429. The highest BCUT2D eigenvalue weighted by atomic mass is 32.2. The second kappa shape index (κ2) is 5.90. The van der Waals surface area contributed by atoms with E-state index in [0.29, 0.717) is 0 Å². The van der Waals surface area contributed by atoms with Crippen LogP contribution in [0.5, 0.6) is 5.88 Å². The summed E-state index contributed by atoms with van der Waals surface area (Å²) < 4.78 is 0. The Balaban J connectivity index is 1.83. The van der Waals surface area contributed by atoms with E-state index in [9.17, 15) is 9.59 Å². The first-order chi connectivity index (χ1) is 8.63. The van der Waals surface area contributed by atoms with Gasteiger partial charge in [0.1, 0.15) is 0 Å². The molecule has 1 aliphatic carbocycles. The molecule has 18 heavy (non-hydrogen) atoms. The topological polar surface area (TPSA) is 95.1 Å². The second-order valence-electron chi connectivity index (χ2n) is 4.25. The van der Waals surface area contributed by atoms with Crippen molar-refractivity contribution in [2.45, 2.75) is 36.9 Å². The Bertz CT molecular complexity index is 483. The van der Waals surface area contributed by atoms with Gasteiger partial charge in [-0.25, -0.2) is 0 Å². The highest BCUT2D eigenvalue weighted by molar-refractivity contribution is 7.99. The number of aromatic hydroxyl groups is 1. The predicted octanol–water partition coefficient (Wildman–Crippen LogP) is 0.626. The van der Waals surface area contributed by atoms with Crippen LogP contribution in [0.2, 0.25) is 0 Å². The largest absolute Gasteiger partial charge is 0.493 e. The number of carbonyl (C=O) groups excluding carboxylic acids is 1. The zero-order valence-corrected chi connectivity index (χ0v) is 10.6. The third kappa shape index (κ3) is 3.76. The lowest BCUT2D eigenvalue weighted by Crippen LogP contribution is -2.33. The molecule has 0 spiro atoms. The minimum Gasteiger partial charge on any atom is -0.493 e. The van der Waals surface area contributed by atoms with Gasteiger partial charge in [-0.1, -0.05) is 24.6 Å². The van der Waals surface area contributed by atoms with E-state index in [0.717, 1.165) is 30.7 Å². The van der Waals surface area contributed by atoms with Gasteiger partial charge in [0.15, 0.2) is 5.16 Å². The fraction of sp³-hybridized carbons (Fsp3) is 0.545. The van der Waals surface area contributed by atoms with E-state index in [1.807, 2.05) is 0 Å². The monoisotopic (exact) mass is 269 g/mol. The molecule has 0 saturated heterocycles. The highest BCUT2D eigenvalue weighted by Crippen LogP contribution is 2.18. The number of hydrogen-bond donors (Lipinski definition) is 3. The van der Waals surface area contributed by atoms with Gasteiger partial charge in [0.25, 0.3) is 5.56 Å². The number of hydrogen-bond acceptors (Lipinski definition) is 5. The number of nitrogens with zero attached hydrogens (tertiary/aromatic N) is 1. The van der Waals surface area contributed by atoms with Gasteiger partial charge in [-0.15, -0.1) is 0 Å². The van der Waals surface area contributed by atoms with Crippen molar-refractivity contribution in [2.24, 2.45) is 0 Å². The molecule has 1 fully saturated rings. The first-order valence-corrected chi connectivity index (χ1v) is 6.84. The summed E-state index contributed by atoms with van der Waals surface area (Å²) in [6, 6.07) is 1.28. The average Bonchev–Trinajstić information content (AvgIpc) is 2.78. The lowest BCUT2D eigenvalue weighted by molar-refractivity contribution is -0.119. The molecule has 98 valence electrons. The van der Waals surface area contributed by atoms with E-state index in [1.54, 1.807) is 0 Å². The highest BCUT2D eigenvalue weighted by Gasteiger charge is 2.17. The van der Waals surface area contributed by atoms with Crippen LogP contribution in [0.25, 0.3) is 0 Å². The number of H-pyrrole nitrogens is 1. The Kier molecular flexibility index (Phi) is 4.24. The Morgan fingerprint density at radius 2 is 2.28 bits per heavy atom. The van der Waals surface area contributed by atoms with Crippen molar-refractivity contribution in [3.8, 4) is 5.88 Å². The molecule has 7 heteroatoms. The maximum atomic E-state index is 11.6. The van der Waals surface area contributed by atoms with E-state index >= 15 is 0 Å². The minimum absolute atomic E-state index is 0.0714. The molecule has 1 aromatic rings. The molecule has 1 amide bonds. The molecule has 0 aromatic carbocycles. The van der Waals surface area contributed by atoms with Gasteiger partial charge in [-0.05, 0) is 12.8 Å². The third-order valence-electron chi connectivity index (χ3n) is 2.77. The molecular formula is C11H15N3O3S. The SMILES string of the molecule is O=C(CSc1nc(O)cc(=O)[nH]1)NC1CCCC1. The molecule has 0 bridgehead atoms. The average molecular weight is 269 g/mol. The summed E-state index contributed by atoms with van der Waals surface area (Å²) in [5, 5.41) is 12.3. The molecular weight excluding hydrogens is 254 g/mol. The number of carbonyl (C=O) groups is 1. The van der Waals surface area contributed by atoms with Gasteiger partial charge in [-0.3, -0.25) is 9.59 Å². The summed E-state index contributed by atoms with van der Waals surface area (Å²) in [6.07, 6.45) is 4.41. The molecule has 6 nitrogen and oxygen atoms in total. The van der Waals surface area contributed by atoms with Gasteiger partial charge in [0.2, 0.25) is 11.8 Å². The molecule has 2 rings (SSSR count). The van der Waals surface area contributed by atoms with Crippen LogP contribution in [0.1, 0.15) is 25.7 Å². The standard InChI is InChI=1S/C11H15N3O3S/c15-8-5-9(16)14-11(13-8)18-6-10(17)12-7-3-1-2-4-7/h5,7H,1-4,6H2,(H,12,17)(H2,13,14,15,16). The van der Waals surface area contributed by atoms with Crippen LogP contribution in [-0.4, -0.2) is 32.8 Å². The van der Waals surface area contributed by atoms with Gasteiger partial charge in [0, 0.05) is 6.04 Å². The van der Waals surface area contributed by atoms with Gasteiger partial charge in [-0.2, -0.15) is 4.98 Å². The fourth-order valence-electron chi connectivity index (χ4n) is 1.96. The van der Waals surface area contributed by atoms with Crippen LogP contribution in [0.3, 0.4) is 0 Å². The number of aromatic nitrogens is 2. The van der Waals surface area contributed by atoms with Crippen molar-refractivity contribution in [3.05, 3.63) is 16.4 Å².